The molecule has 2 amide bonds. The molecule has 2 atom stereocenters. The number of amides is 2. The SMILES string of the molecule is COc1ccc(NC(=O)[C@@H](C)OC(=O)[C@@H](NC(=O)c2ccccc2)c2ccccc2)cc1. The molecule has 7 heteroatoms. The third-order valence-electron chi connectivity index (χ3n) is 4.70. The van der Waals surface area contributed by atoms with Gasteiger partial charge in [-0.05, 0) is 48.9 Å². The molecule has 7 nitrogen and oxygen atoms in total. The standard InChI is InChI=1S/C25H24N2O5/c1-17(23(28)26-20-13-15-21(31-2)16-14-20)32-25(30)22(18-9-5-3-6-10-18)27-24(29)19-11-7-4-8-12-19/h3-17,22H,1-2H3,(H,26,28)(H,27,29)/t17-,22+/m1/s1. The molecule has 0 saturated carbocycles. The molecule has 0 bridgehead atoms. The first-order chi connectivity index (χ1) is 15.5. The van der Waals surface area contributed by atoms with Crippen LogP contribution in [0.4, 0.5) is 5.69 Å². The Bertz CT molecular complexity index is 1050. The molecule has 3 rings (SSSR count). The van der Waals surface area contributed by atoms with E-state index < -0.39 is 29.9 Å². The summed E-state index contributed by atoms with van der Waals surface area (Å²) in [7, 11) is 1.55. The van der Waals surface area contributed by atoms with Crippen molar-refractivity contribution in [3.63, 3.8) is 0 Å². The lowest BCUT2D eigenvalue weighted by Crippen LogP contribution is -2.38. The average Bonchev–Trinajstić information content (AvgIpc) is 2.83. The van der Waals surface area contributed by atoms with Gasteiger partial charge in [0.15, 0.2) is 12.1 Å². The van der Waals surface area contributed by atoms with Gasteiger partial charge in [-0.3, -0.25) is 9.59 Å². The predicted octanol–water partition coefficient (Wildman–Crippen LogP) is 3.74. The van der Waals surface area contributed by atoms with Crippen molar-refractivity contribution in [2.75, 3.05) is 12.4 Å². The first-order valence-corrected chi connectivity index (χ1v) is 10.0. The largest absolute Gasteiger partial charge is 0.497 e. The molecule has 164 valence electrons. The number of carbonyl (C=O) groups is 3. The molecule has 0 unspecified atom stereocenters. The van der Waals surface area contributed by atoms with Gasteiger partial charge in [0.05, 0.1) is 7.11 Å². The molecule has 0 aliphatic rings. The van der Waals surface area contributed by atoms with Crippen molar-refractivity contribution in [1.82, 2.24) is 5.32 Å². The lowest BCUT2D eigenvalue weighted by molar-refractivity contribution is -0.155. The van der Waals surface area contributed by atoms with Gasteiger partial charge in [-0.1, -0.05) is 48.5 Å². The van der Waals surface area contributed by atoms with Gasteiger partial charge in [0, 0.05) is 11.3 Å². The number of carbonyl (C=O) groups excluding carboxylic acids is 3. The minimum atomic E-state index is -1.08. The van der Waals surface area contributed by atoms with Crippen LogP contribution in [0, 0.1) is 0 Å². The molecule has 3 aromatic carbocycles. The summed E-state index contributed by atoms with van der Waals surface area (Å²) in [6, 6.07) is 23.0. The molecule has 0 aliphatic heterocycles. The number of anilines is 1. The Morgan fingerprint density at radius 2 is 1.41 bits per heavy atom. The summed E-state index contributed by atoms with van der Waals surface area (Å²) in [4.78, 5) is 38.1. The highest BCUT2D eigenvalue weighted by Crippen LogP contribution is 2.18. The molecule has 3 aromatic rings. The zero-order valence-electron chi connectivity index (χ0n) is 17.8. The Labute approximate surface area is 186 Å². The van der Waals surface area contributed by atoms with E-state index in [2.05, 4.69) is 10.6 Å². The number of hydrogen-bond acceptors (Lipinski definition) is 5. The summed E-state index contributed by atoms with van der Waals surface area (Å²) in [6.45, 7) is 1.47. The highest BCUT2D eigenvalue weighted by molar-refractivity contribution is 5.98. The zero-order valence-corrected chi connectivity index (χ0v) is 17.8. The van der Waals surface area contributed by atoms with Crippen LogP contribution in [0.1, 0.15) is 28.9 Å². The number of ether oxygens (including phenoxy) is 2. The van der Waals surface area contributed by atoms with E-state index in [-0.39, 0.29) is 0 Å². The van der Waals surface area contributed by atoms with Crippen LogP contribution in [0.2, 0.25) is 0 Å². The number of esters is 1. The van der Waals surface area contributed by atoms with Crippen molar-refractivity contribution in [3.05, 3.63) is 96.1 Å². The summed E-state index contributed by atoms with van der Waals surface area (Å²) >= 11 is 0. The number of benzene rings is 3. The second-order valence-corrected chi connectivity index (χ2v) is 6.98. The van der Waals surface area contributed by atoms with Gasteiger partial charge in [0.1, 0.15) is 5.75 Å². The quantitative estimate of drug-likeness (QED) is 0.529. The van der Waals surface area contributed by atoms with Gasteiger partial charge in [0.25, 0.3) is 11.8 Å². The highest BCUT2D eigenvalue weighted by Gasteiger charge is 2.28. The molecule has 0 spiro atoms. The summed E-state index contributed by atoms with van der Waals surface area (Å²) in [5.74, 6) is -1.00. The van der Waals surface area contributed by atoms with E-state index in [0.29, 0.717) is 22.6 Å². The van der Waals surface area contributed by atoms with Crippen LogP contribution in [-0.4, -0.2) is 31.0 Å². The molecule has 0 radical (unpaired) electrons. The molecular weight excluding hydrogens is 408 g/mol. The summed E-state index contributed by atoms with van der Waals surface area (Å²) in [6.07, 6.45) is -1.08. The maximum absolute atomic E-state index is 12.9. The molecule has 0 aromatic heterocycles. The van der Waals surface area contributed by atoms with Crippen LogP contribution in [0.15, 0.2) is 84.9 Å². The number of hydrogen-bond donors (Lipinski definition) is 2. The van der Waals surface area contributed by atoms with Gasteiger partial charge in [-0.2, -0.15) is 0 Å². The number of methoxy groups -OCH3 is 1. The normalized spacial score (nSPS) is 12.2. The fourth-order valence-electron chi connectivity index (χ4n) is 2.94. The first kappa shape index (κ1) is 22.6. The molecule has 0 fully saturated rings. The predicted molar refractivity (Wildman–Crippen MR) is 120 cm³/mol. The van der Waals surface area contributed by atoms with Crippen LogP contribution >= 0.6 is 0 Å². The first-order valence-electron chi connectivity index (χ1n) is 10.0. The van der Waals surface area contributed by atoms with Crippen LogP contribution in [0.5, 0.6) is 5.75 Å². The number of rotatable bonds is 8. The van der Waals surface area contributed by atoms with Gasteiger partial charge < -0.3 is 20.1 Å². The second kappa shape index (κ2) is 10.8. The fourth-order valence-corrected chi connectivity index (χ4v) is 2.94. The molecule has 0 saturated heterocycles. The second-order valence-electron chi connectivity index (χ2n) is 6.98. The van der Waals surface area contributed by atoms with Crippen LogP contribution in [0.3, 0.4) is 0 Å². The summed E-state index contributed by atoms with van der Waals surface area (Å²) < 4.78 is 10.5. The maximum atomic E-state index is 12.9. The zero-order chi connectivity index (χ0) is 22.9. The average molecular weight is 432 g/mol. The third-order valence-corrected chi connectivity index (χ3v) is 4.70. The van der Waals surface area contributed by atoms with E-state index in [0.717, 1.165) is 0 Å². The van der Waals surface area contributed by atoms with Crippen molar-refractivity contribution in [1.29, 1.82) is 0 Å². The summed E-state index contributed by atoms with van der Waals surface area (Å²) in [5.41, 5.74) is 1.49. The lowest BCUT2D eigenvalue weighted by Gasteiger charge is -2.21. The Morgan fingerprint density at radius 3 is 2.00 bits per heavy atom. The highest BCUT2D eigenvalue weighted by atomic mass is 16.5. The smallest absolute Gasteiger partial charge is 0.334 e. The van der Waals surface area contributed by atoms with Gasteiger partial charge in [-0.15, -0.1) is 0 Å². The van der Waals surface area contributed by atoms with Crippen LogP contribution in [0.25, 0.3) is 0 Å². The van der Waals surface area contributed by atoms with E-state index in [4.69, 9.17) is 9.47 Å². The minimum absolute atomic E-state index is 0.409. The Balaban J connectivity index is 1.69. The van der Waals surface area contributed by atoms with E-state index in [9.17, 15) is 14.4 Å². The minimum Gasteiger partial charge on any atom is -0.497 e. The van der Waals surface area contributed by atoms with Gasteiger partial charge in [0.2, 0.25) is 0 Å². The van der Waals surface area contributed by atoms with Gasteiger partial charge >= 0.3 is 5.97 Å². The monoisotopic (exact) mass is 432 g/mol. The molecule has 0 heterocycles. The third kappa shape index (κ3) is 5.95. The van der Waals surface area contributed by atoms with Crippen molar-refractivity contribution in [3.8, 4) is 5.75 Å². The van der Waals surface area contributed by atoms with E-state index in [1.165, 1.54) is 6.92 Å². The van der Waals surface area contributed by atoms with Crippen molar-refractivity contribution in [2.45, 2.75) is 19.1 Å². The Hall–Kier alpha value is -4.13. The van der Waals surface area contributed by atoms with E-state index in [1.807, 2.05) is 0 Å². The Morgan fingerprint density at radius 1 is 0.812 bits per heavy atom. The van der Waals surface area contributed by atoms with E-state index in [1.54, 1.807) is 92.0 Å². The molecule has 0 aliphatic carbocycles. The summed E-state index contributed by atoms with van der Waals surface area (Å²) in [5, 5.41) is 5.38. The van der Waals surface area contributed by atoms with Crippen molar-refractivity contribution >= 4 is 23.5 Å². The topological polar surface area (TPSA) is 93.7 Å². The lowest BCUT2D eigenvalue weighted by atomic mass is 10.1. The molecule has 2 N–H and O–H groups in total. The van der Waals surface area contributed by atoms with Gasteiger partial charge in [-0.25, -0.2) is 4.79 Å². The fraction of sp³-hybridized carbons (Fsp3) is 0.160. The van der Waals surface area contributed by atoms with Crippen molar-refractivity contribution < 1.29 is 23.9 Å². The maximum Gasteiger partial charge on any atom is 0.334 e. The molecular formula is C25H24N2O5. The Kier molecular flexibility index (Phi) is 7.59. The van der Waals surface area contributed by atoms with E-state index >= 15 is 0 Å². The van der Waals surface area contributed by atoms with Crippen LogP contribution < -0.4 is 15.4 Å². The van der Waals surface area contributed by atoms with Crippen molar-refractivity contribution in [2.24, 2.45) is 0 Å². The number of nitrogens with one attached hydrogen (secondary N) is 2. The molecule has 32 heavy (non-hydrogen) atoms. The van der Waals surface area contributed by atoms with Crippen LogP contribution in [-0.2, 0) is 14.3 Å².